The molecule has 0 amide bonds. The predicted molar refractivity (Wildman–Crippen MR) is 70.1 cm³/mol. The highest BCUT2D eigenvalue weighted by Gasteiger charge is 2.20. The number of hydrogen-bond donors (Lipinski definition) is 1. The van der Waals surface area contributed by atoms with Gasteiger partial charge in [0.15, 0.2) is 0 Å². The zero-order valence-corrected chi connectivity index (χ0v) is 11.0. The monoisotopic (exact) mass is 251 g/mol. The third-order valence-electron chi connectivity index (χ3n) is 3.16. The molecule has 1 saturated heterocycles. The maximum absolute atomic E-state index is 6.05. The summed E-state index contributed by atoms with van der Waals surface area (Å²) in [5.41, 5.74) is 6.95. The first-order chi connectivity index (χ1) is 8.72. The number of ether oxygens (including phenoxy) is 3. The van der Waals surface area contributed by atoms with Crippen LogP contribution >= 0.6 is 0 Å². The molecule has 0 aromatic heterocycles. The topological polar surface area (TPSA) is 53.7 Å². The van der Waals surface area contributed by atoms with Crippen LogP contribution in [-0.4, -0.2) is 26.4 Å². The minimum atomic E-state index is -0.115. The fourth-order valence-corrected chi connectivity index (χ4v) is 2.23. The molecule has 1 aromatic rings. The van der Waals surface area contributed by atoms with E-state index in [-0.39, 0.29) is 12.1 Å². The van der Waals surface area contributed by atoms with E-state index in [4.69, 9.17) is 19.9 Å². The van der Waals surface area contributed by atoms with Gasteiger partial charge in [-0.3, -0.25) is 0 Å². The molecule has 0 saturated carbocycles. The number of benzene rings is 1. The van der Waals surface area contributed by atoms with Crippen molar-refractivity contribution < 1.29 is 14.2 Å². The predicted octanol–water partition coefficient (Wildman–Crippen LogP) is 2.27. The molecule has 0 spiro atoms. The van der Waals surface area contributed by atoms with Crippen LogP contribution in [0.25, 0.3) is 0 Å². The highest BCUT2D eigenvalue weighted by molar-refractivity contribution is 5.46. The number of rotatable bonds is 4. The minimum absolute atomic E-state index is 0.115. The molecule has 1 atom stereocenters. The summed E-state index contributed by atoms with van der Waals surface area (Å²) in [6.07, 6.45) is 2.06. The molecule has 1 aromatic carbocycles. The van der Waals surface area contributed by atoms with E-state index in [2.05, 4.69) is 0 Å². The van der Waals surface area contributed by atoms with Crippen LogP contribution in [0.5, 0.6) is 11.5 Å². The van der Waals surface area contributed by atoms with E-state index in [0.717, 1.165) is 43.1 Å². The van der Waals surface area contributed by atoms with Gasteiger partial charge in [-0.25, -0.2) is 0 Å². The van der Waals surface area contributed by atoms with Crippen molar-refractivity contribution in [3.05, 3.63) is 23.8 Å². The Morgan fingerprint density at radius 3 is 2.56 bits per heavy atom. The molecule has 100 valence electrons. The Bertz CT molecular complexity index is 387. The second kappa shape index (κ2) is 6.07. The summed E-state index contributed by atoms with van der Waals surface area (Å²) in [4.78, 5) is 0. The van der Waals surface area contributed by atoms with Crippen molar-refractivity contribution in [2.75, 3.05) is 20.3 Å². The van der Waals surface area contributed by atoms with E-state index in [1.54, 1.807) is 7.11 Å². The highest BCUT2D eigenvalue weighted by Crippen LogP contribution is 2.34. The lowest BCUT2D eigenvalue weighted by molar-refractivity contribution is 0.0250. The van der Waals surface area contributed by atoms with E-state index in [9.17, 15) is 0 Å². The fraction of sp³-hybridized carbons (Fsp3) is 0.571. The van der Waals surface area contributed by atoms with Gasteiger partial charge in [0.2, 0.25) is 0 Å². The van der Waals surface area contributed by atoms with E-state index in [0.29, 0.717) is 0 Å². The molecule has 1 aliphatic heterocycles. The van der Waals surface area contributed by atoms with E-state index >= 15 is 0 Å². The molecule has 0 radical (unpaired) electrons. The van der Waals surface area contributed by atoms with Crippen LogP contribution in [0.4, 0.5) is 0 Å². The summed E-state index contributed by atoms with van der Waals surface area (Å²) in [5.74, 6) is 1.62. The Morgan fingerprint density at radius 1 is 1.28 bits per heavy atom. The van der Waals surface area contributed by atoms with E-state index in [1.165, 1.54) is 0 Å². The van der Waals surface area contributed by atoms with Crippen molar-refractivity contribution >= 4 is 0 Å². The summed E-state index contributed by atoms with van der Waals surface area (Å²) in [7, 11) is 1.65. The molecule has 2 N–H and O–H groups in total. The van der Waals surface area contributed by atoms with Crippen molar-refractivity contribution in [2.45, 2.75) is 31.9 Å². The first kappa shape index (κ1) is 13.2. The van der Waals surface area contributed by atoms with E-state index < -0.39 is 0 Å². The standard InChI is InChI=1S/C14H21NO3/c1-10(15)14-12(16-2)4-3-5-13(14)18-11-6-8-17-9-7-11/h3-5,10-11H,6-9,15H2,1-2H3/t10-/m0/s1. The third kappa shape index (κ3) is 2.94. The normalized spacial score (nSPS) is 18.4. The SMILES string of the molecule is COc1cccc(OC2CCOCC2)c1[C@H](C)N. The van der Waals surface area contributed by atoms with Gasteiger partial charge in [-0.15, -0.1) is 0 Å². The average Bonchev–Trinajstić information content (AvgIpc) is 2.39. The molecule has 0 aliphatic carbocycles. The number of nitrogens with two attached hydrogens (primary N) is 1. The first-order valence-corrected chi connectivity index (χ1v) is 6.39. The first-order valence-electron chi connectivity index (χ1n) is 6.39. The molecule has 4 nitrogen and oxygen atoms in total. The zero-order valence-electron chi connectivity index (χ0n) is 11.0. The second-order valence-electron chi connectivity index (χ2n) is 4.59. The van der Waals surface area contributed by atoms with Crippen molar-refractivity contribution in [2.24, 2.45) is 5.73 Å². The van der Waals surface area contributed by atoms with Gasteiger partial charge in [0.05, 0.1) is 25.9 Å². The Labute approximate surface area is 108 Å². The van der Waals surface area contributed by atoms with Gasteiger partial charge < -0.3 is 19.9 Å². The van der Waals surface area contributed by atoms with Crippen LogP contribution in [0.3, 0.4) is 0 Å². The minimum Gasteiger partial charge on any atom is -0.496 e. The van der Waals surface area contributed by atoms with Gasteiger partial charge in [-0.2, -0.15) is 0 Å². The van der Waals surface area contributed by atoms with Gasteiger partial charge in [0, 0.05) is 18.9 Å². The lowest BCUT2D eigenvalue weighted by atomic mass is 10.1. The van der Waals surface area contributed by atoms with Crippen molar-refractivity contribution in [3.8, 4) is 11.5 Å². The van der Waals surface area contributed by atoms with E-state index in [1.807, 2.05) is 25.1 Å². The fourth-order valence-electron chi connectivity index (χ4n) is 2.23. The van der Waals surface area contributed by atoms with Gasteiger partial charge in [0.1, 0.15) is 17.6 Å². The molecule has 0 bridgehead atoms. The van der Waals surface area contributed by atoms with Crippen LogP contribution in [0, 0.1) is 0 Å². The Morgan fingerprint density at radius 2 is 1.94 bits per heavy atom. The molecular formula is C14H21NO3. The molecular weight excluding hydrogens is 230 g/mol. The van der Waals surface area contributed by atoms with Crippen molar-refractivity contribution in [1.29, 1.82) is 0 Å². The lowest BCUT2D eigenvalue weighted by Crippen LogP contribution is -2.26. The third-order valence-corrected chi connectivity index (χ3v) is 3.16. The van der Waals surface area contributed by atoms with Gasteiger partial charge in [0.25, 0.3) is 0 Å². The lowest BCUT2D eigenvalue weighted by Gasteiger charge is -2.26. The molecule has 1 heterocycles. The summed E-state index contributed by atoms with van der Waals surface area (Å²) in [6, 6.07) is 5.68. The number of hydrogen-bond acceptors (Lipinski definition) is 4. The summed E-state index contributed by atoms with van der Waals surface area (Å²) in [5, 5.41) is 0. The zero-order chi connectivity index (χ0) is 13.0. The molecule has 1 fully saturated rings. The number of methoxy groups -OCH3 is 1. The maximum Gasteiger partial charge on any atom is 0.128 e. The van der Waals surface area contributed by atoms with Crippen molar-refractivity contribution in [1.82, 2.24) is 0 Å². The van der Waals surface area contributed by atoms with Gasteiger partial charge >= 0.3 is 0 Å². The Hall–Kier alpha value is -1.26. The smallest absolute Gasteiger partial charge is 0.128 e. The maximum atomic E-state index is 6.05. The van der Waals surface area contributed by atoms with Crippen LogP contribution in [0.1, 0.15) is 31.4 Å². The van der Waals surface area contributed by atoms with Crippen molar-refractivity contribution in [3.63, 3.8) is 0 Å². The average molecular weight is 251 g/mol. The summed E-state index contributed by atoms with van der Waals surface area (Å²) >= 11 is 0. The molecule has 2 rings (SSSR count). The van der Waals surface area contributed by atoms with Gasteiger partial charge in [-0.1, -0.05) is 6.07 Å². The van der Waals surface area contributed by atoms with Crippen LogP contribution < -0.4 is 15.2 Å². The molecule has 1 aliphatic rings. The van der Waals surface area contributed by atoms with Gasteiger partial charge in [-0.05, 0) is 19.1 Å². The second-order valence-corrected chi connectivity index (χ2v) is 4.59. The molecule has 0 unspecified atom stereocenters. The molecule has 18 heavy (non-hydrogen) atoms. The summed E-state index contributed by atoms with van der Waals surface area (Å²) < 4.78 is 16.7. The highest BCUT2D eigenvalue weighted by atomic mass is 16.5. The van der Waals surface area contributed by atoms with Crippen LogP contribution in [0.15, 0.2) is 18.2 Å². The Balaban J connectivity index is 2.20. The molecule has 4 heteroatoms. The summed E-state index contributed by atoms with van der Waals surface area (Å²) in [6.45, 7) is 3.47. The largest absolute Gasteiger partial charge is 0.496 e. The van der Waals surface area contributed by atoms with Crippen LogP contribution in [0.2, 0.25) is 0 Å². The quantitative estimate of drug-likeness (QED) is 0.892. The van der Waals surface area contributed by atoms with Crippen LogP contribution in [-0.2, 0) is 4.74 Å². The Kier molecular flexibility index (Phi) is 4.44.